The molecule has 3 nitrogen and oxygen atoms in total. The van der Waals surface area contributed by atoms with Gasteiger partial charge >= 0.3 is 6.18 Å². The number of halogens is 3. The van der Waals surface area contributed by atoms with E-state index < -0.39 is 11.7 Å². The summed E-state index contributed by atoms with van der Waals surface area (Å²) < 4.78 is 38.1. The minimum Gasteiger partial charge on any atom is -0.362 e. The predicted octanol–water partition coefficient (Wildman–Crippen LogP) is 4.36. The molecular formula is C18H26F3N3S. The Morgan fingerprint density at radius 3 is 2.56 bits per heavy atom. The molecule has 25 heavy (non-hydrogen) atoms. The van der Waals surface area contributed by atoms with Gasteiger partial charge in [-0.2, -0.15) is 13.2 Å². The Hall–Kier alpha value is -1.34. The lowest BCUT2D eigenvalue weighted by Gasteiger charge is -2.35. The van der Waals surface area contributed by atoms with Crippen LogP contribution in [0.4, 0.5) is 18.9 Å². The van der Waals surface area contributed by atoms with E-state index in [9.17, 15) is 13.2 Å². The summed E-state index contributed by atoms with van der Waals surface area (Å²) in [5.41, 5.74) is -0.348. The minimum absolute atomic E-state index is 0.339. The lowest BCUT2D eigenvalue weighted by molar-refractivity contribution is -0.137. The Kier molecular flexibility index (Phi) is 7.07. The molecule has 1 aliphatic heterocycles. The number of hydrogen-bond donors (Lipinski definition) is 2. The van der Waals surface area contributed by atoms with E-state index in [0.29, 0.717) is 17.3 Å². The van der Waals surface area contributed by atoms with Gasteiger partial charge in [-0.3, -0.25) is 0 Å². The SMILES string of the molecule is C[C@H]1C[C@H](C)CN(CCCNC(=S)Nc2cccc(C(F)(F)F)c2)C1. The van der Waals surface area contributed by atoms with Gasteiger partial charge in [-0.25, -0.2) is 0 Å². The first-order valence-corrected chi connectivity index (χ1v) is 9.09. The predicted molar refractivity (Wildman–Crippen MR) is 99.7 cm³/mol. The molecule has 1 aliphatic rings. The number of alkyl halides is 3. The molecule has 2 rings (SSSR count). The maximum absolute atomic E-state index is 12.7. The van der Waals surface area contributed by atoms with Crippen molar-refractivity contribution in [3.8, 4) is 0 Å². The zero-order valence-electron chi connectivity index (χ0n) is 14.7. The first-order chi connectivity index (χ1) is 11.7. The molecule has 0 saturated carbocycles. The second-order valence-corrected chi connectivity index (χ2v) is 7.43. The van der Waals surface area contributed by atoms with Gasteiger partial charge in [-0.05, 0) is 61.6 Å². The molecule has 0 amide bonds. The summed E-state index contributed by atoms with van der Waals surface area (Å²) in [6.45, 7) is 8.55. The smallest absolute Gasteiger partial charge is 0.362 e. The van der Waals surface area contributed by atoms with E-state index in [4.69, 9.17) is 12.2 Å². The first-order valence-electron chi connectivity index (χ1n) is 8.68. The molecule has 1 aromatic carbocycles. The third kappa shape index (κ3) is 6.82. The molecule has 0 radical (unpaired) electrons. The number of likely N-dealkylation sites (tertiary alicyclic amines) is 1. The first kappa shape index (κ1) is 20.0. The molecule has 1 fully saturated rings. The molecule has 1 heterocycles. The quantitative estimate of drug-likeness (QED) is 0.592. The Labute approximate surface area is 153 Å². The molecule has 2 atom stereocenters. The average Bonchev–Trinajstić information content (AvgIpc) is 2.50. The molecule has 1 aromatic rings. The van der Waals surface area contributed by atoms with E-state index in [1.807, 2.05) is 0 Å². The van der Waals surface area contributed by atoms with Crippen molar-refractivity contribution in [1.29, 1.82) is 0 Å². The molecule has 0 aromatic heterocycles. The summed E-state index contributed by atoms with van der Waals surface area (Å²) in [5, 5.41) is 6.22. The molecule has 0 spiro atoms. The standard InChI is InChI=1S/C18H26F3N3S/c1-13-9-14(2)12-24(11-13)8-4-7-22-17(25)23-16-6-3-5-15(10-16)18(19,20)21/h3,5-6,10,13-14H,4,7-9,11-12H2,1-2H3,(H2,22,23,25)/t13-,14-/m0/s1. The lowest BCUT2D eigenvalue weighted by Crippen LogP contribution is -2.40. The second kappa shape index (κ2) is 8.85. The zero-order valence-corrected chi connectivity index (χ0v) is 15.5. The maximum Gasteiger partial charge on any atom is 0.416 e. The van der Waals surface area contributed by atoms with Crippen LogP contribution in [-0.2, 0) is 6.18 Å². The fourth-order valence-electron chi connectivity index (χ4n) is 3.43. The summed E-state index contributed by atoms with van der Waals surface area (Å²) in [4.78, 5) is 2.48. The van der Waals surface area contributed by atoms with Gasteiger partial charge in [0.25, 0.3) is 0 Å². The van der Waals surface area contributed by atoms with Crippen LogP contribution in [0.15, 0.2) is 24.3 Å². The molecular weight excluding hydrogens is 347 g/mol. The van der Waals surface area contributed by atoms with E-state index in [0.717, 1.165) is 50.0 Å². The number of hydrogen-bond acceptors (Lipinski definition) is 2. The van der Waals surface area contributed by atoms with E-state index in [1.54, 1.807) is 6.07 Å². The molecule has 0 unspecified atom stereocenters. The fraction of sp³-hybridized carbons (Fsp3) is 0.611. The van der Waals surface area contributed by atoms with Crippen molar-refractivity contribution in [3.05, 3.63) is 29.8 Å². The van der Waals surface area contributed by atoms with Crippen molar-refractivity contribution in [3.63, 3.8) is 0 Å². The molecule has 0 aliphatic carbocycles. The van der Waals surface area contributed by atoms with E-state index >= 15 is 0 Å². The normalized spacial score (nSPS) is 21.8. The van der Waals surface area contributed by atoms with Crippen LogP contribution in [0.25, 0.3) is 0 Å². The summed E-state index contributed by atoms with van der Waals surface area (Å²) in [6.07, 6.45) is -2.11. The van der Waals surface area contributed by atoms with Gasteiger partial charge in [0.05, 0.1) is 5.56 Å². The Morgan fingerprint density at radius 1 is 1.24 bits per heavy atom. The molecule has 0 bridgehead atoms. The molecule has 7 heteroatoms. The molecule has 140 valence electrons. The monoisotopic (exact) mass is 373 g/mol. The Bertz CT molecular complexity index is 567. The largest absolute Gasteiger partial charge is 0.416 e. The number of benzene rings is 1. The number of anilines is 1. The summed E-state index contributed by atoms with van der Waals surface area (Å²) >= 11 is 5.16. The van der Waals surface area contributed by atoms with Crippen molar-refractivity contribution in [2.75, 3.05) is 31.5 Å². The van der Waals surface area contributed by atoms with Gasteiger partial charge in [0, 0.05) is 25.3 Å². The van der Waals surface area contributed by atoms with Gasteiger partial charge in [-0.15, -0.1) is 0 Å². The number of rotatable bonds is 5. The summed E-state index contributed by atoms with van der Waals surface area (Å²) in [7, 11) is 0. The number of thiocarbonyl (C=S) groups is 1. The van der Waals surface area contributed by atoms with Gasteiger partial charge < -0.3 is 15.5 Å². The lowest BCUT2D eigenvalue weighted by atomic mass is 9.92. The van der Waals surface area contributed by atoms with E-state index in [-0.39, 0.29) is 0 Å². The minimum atomic E-state index is -4.35. The number of nitrogens with one attached hydrogen (secondary N) is 2. The summed E-state index contributed by atoms with van der Waals surface area (Å²) in [5.74, 6) is 1.47. The van der Waals surface area contributed by atoms with Crippen molar-refractivity contribution < 1.29 is 13.2 Å². The molecule has 2 N–H and O–H groups in total. The van der Waals surface area contributed by atoms with Crippen LogP contribution >= 0.6 is 12.2 Å². The highest BCUT2D eigenvalue weighted by Crippen LogP contribution is 2.30. The Morgan fingerprint density at radius 2 is 1.92 bits per heavy atom. The van der Waals surface area contributed by atoms with E-state index in [1.165, 1.54) is 12.5 Å². The average molecular weight is 373 g/mol. The van der Waals surface area contributed by atoms with Crippen LogP contribution in [0, 0.1) is 11.8 Å². The molecule has 1 saturated heterocycles. The van der Waals surface area contributed by atoms with Gasteiger partial charge in [-0.1, -0.05) is 19.9 Å². The van der Waals surface area contributed by atoms with Crippen molar-refractivity contribution in [2.45, 2.75) is 32.9 Å². The van der Waals surface area contributed by atoms with Gasteiger partial charge in [0.1, 0.15) is 0 Å². The van der Waals surface area contributed by atoms with Gasteiger partial charge in [0.15, 0.2) is 5.11 Å². The van der Waals surface area contributed by atoms with Crippen molar-refractivity contribution in [2.24, 2.45) is 11.8 Å². The third-order valence-corrected chi connectivity index (χ3v) is 4.58. The number of nitrogens with zero attached hydrogens (tertiary/aromatic N) is 1. The zero-order chi connectivity index (χ0) is 18.4. The Balaban J connectivity index is 1.71. The van der Waals surface area contributed by atoms with Crippen molar-refractivity contribution in [1.82, 2.24) is 10.2 Å². The second-order valence-electron chi connectivity index (χ2n) is 7.02. The highest BCUT2D eigenvalue weighted by Gasteiger charge is 2.30. The van der Waals surface area contributed by atoms with Crippen LogP contribution in [0.5, 0.6) is 0 Å². The summed E-state index contributed by atoms with van der Waals surface area (Å²) in [6, 6.07) is 5.04. The third-order valence-electron chi connectivity index (χ3n) is 4.33. The van der Waals surface area contributed by atoms with Gasteiger partial charge in [0.2, 0.25) is 0 Å². The fourth-order valence-corrected chi connectivity index (χ4v) is 3.65. The maximum atomic E-state index is 12.7. The van der Waals surface area contributed by atoms with Crippen LogP contribution in [0.2, 0.25) is 0 Å². The van der Waals surface area contributed by atoms with Crippen molar-refractivity contribution >= 4 is 23.0 Å². The number of piperidine rings is 1. The highest BCUT2D eigenvalue weighted by molar-refractivity contribution is 7.80. The topological polar surface area (TPSA) is 27.3 Å². The van der Waals surface area contributed by atoms with Crippen LogP contribution in [-0.4, -0.2) is 36.2 Å². The van der Waals surface area contributed by atoms with E-state index in [2.05, 4.69) is 29.4 Å². The van der Waals surface area contributed by atoms with Crippen LogP contribution < -0.4 is 10.6 Å². The highest BCUT2D eigenvalue weighted by atomic mass is 32.1. The van der Waals surface area contributed by atoms with Crippen LogP contribution in [0.1, 0.15) is 32.3 Å². The van der Waals surface area contributed by atoms with Crippen LogP contribution in [0.3, 0.4) is 0 Å².